The fraction of sp³-hybridized carbons (Fsp3) is 0.909. The Morgan fingerprint density at radius 2 is 1.92 bits per heavy atom. The van der Waals surface area contributed by atoms with Gasteiger partial charge in [-0.3, -0.25) is 4.79 Å². The van der Waals surface area contributed by atoms with Gasteiger partial charge in [0.05, 0.1) is 0 Å². The third-order valence-corrected chi connectivity index (χ3v) is 2.08. The minimum atomic E-state index is 0.400. The van der Waals surface area contributed by atoms with Crippen LogP contribution in [-0.4, -0.2) is 18.4 Å². The summed E-state index contributed by atoms with van der Waals surface area (Å²) in [7, 11) is 0. The highest BCUT2D eigenvalue weighted by atomic mass is 16.1. The van der Waals surface area contributed by atoms with Gasteiger partial charge in [0.15, 0.2) is 0 Å². The van der Waals surface area contributed by atoms with Gasteiger partial charge in [-0.05, 0) is 19.4 Å². The summed E-state index contributed by atoms with van der Waals surface area (Å²) in [6, 6.07) is 0.581. The molecule has 0 aromatic heterocycles. The Labute approximate surface area is 82.1 Å². The molecule has 0 aliphatic carbocycles. The Hall–Kier alpha value is -0.370. The second-order valence-electron chi connectivity index (χ2n) is 3.81. The van der Waals surface area contributed by atoms with Gasteiger partial charge in [0.2, 0.25) is 0 Å². The first-order valence-corrected chi connectivity index (χ1v) is 5.42. The highest BCUT2D eigenvalue weighted by Gasteiger charge is 1.97. The SMILES string of the molecule is CCC(=O)CCCCCNC(C)C. The van der Waals surface area contributed by atoms with Crippen LogP contribution in [0.1, 0.15) is 52.9 Å². The van der Waals surface area contributed by atoms with Crippen molar-refractivity contribution in [1.82, 2.24) is 5.32 Å². The van der Waals surface area contributed by atoms with E-state index in [9.17, 15) is 4.79 Å². The molecule has 0 aliphatic rings. The normalized spacial score (nSPS) is 10.8. The lowest BCUT2D eigenvalue weighted by Crippen LogP contribution is -2.23. The molecule has 0 saturated heterocycles. The molecule has 78 valence electrons. The van der Waals surface area contributed by atoms with Gasteiger partial charge in [-0.2, -0.15) is 0 Å². The second kappa shape index (κ2) is 8.24. The van der Waals surface area contributed by atoms with E-state index >= 15 is 0 Å². The molecule has 0 radical (unpaired) electrons. The van der Waals surface area contributed by atoms with Crippen LogP contribution in [0.4, 0.5) is 0 Å². The van der Waals surface area contributed by atoms with Crippen LogP contribution in [0, 0.1) is 0 Å². The van der Waals surface area contributed by atoms with E-state index in [1.165, 1.54) is 12.8 Å². The lowest BCUT2D eigenvalue weighted by molar-refractivity contribution is -0.118. The van der Waals surface area contributed by atoms with Gasteiger partial charge >= 0.3 is 0 Å². The van der Waals surface area contributed by atoms with Crippen LogP contribution < -0.4 is 5.32 Å². The summed E-state index contributed by atoms with van der Waals surface area (Å²) >= 11 is 0. The molecule has 0 unspecified atom stereocenters. The Bertz CT molecular complexity index is 132. The van der Waals surface area contributed by atoms with Gasteiger partial charge in [0, 0.05) is 18.9 Å². The molecule has 1 N–H and O–H groups in total. The number of carbonyl (C=O) groups excluding carboxylic acids is 1. The lowest BCUT2D eigenvalue weighted by atomic mass is 10.1. The average Bonchev–Trinajstić information content (AvgIpc) is 2.10. The van der Waals surface area contributed by atoms with Crippen LogP contribution in [0.15, 0.2) is 0 Å². The molecule has 0 heterocycles. The van der Waals surface area contributed by atoms with Gasteiger partial charge in [-0.1, -0.05) is 27.2 Å². The standard InChI is InChI=1S/C11H23NO/c1-4-11(13)8-6-5-7-9-12-10(2)3/h10,12H,4-9H2,1-3H3. The first-order valence-electron chi connectivity index (χ1n) is 5.42. The van der Waals surface area contributed by atoms with Crippen LogP contribution in [0.25, 0.3) is 0 Å². The number of nitrogens with one attached hydrogen (secondary N) is 1. The number of ketones is 1. The van der Waals surface area contributed by atoms with Crippen molar-refractivity contribution in [2.24, 2.45) is 0 Å². The van der Waals surface area contributed by atoms with Crippen molar-refractivity contribution in [2.45, 2.75) is 58.9 Å². The Morgan fingerprint density at radius 3 is 2.46 bits per heavy atom. The zero-order chi connectivity index (χ0) is 10.1. The van der Waals surface area contributed by atoms with Crippen LogP contribution in [-0.2, 0) is 4.79 Å². The highest BCUT2D eigenvalue weighted by molar-refractivity contribution is 5.77. The van der Waals surface area contributed by atoms with E-state index in [1.807, 2.05) is 6.92 Å². The Balaban J connectivity index is 3.04. The number of carbonyl (C=O) groups is 1. The van der Waals surface area contributed by atoms with Gasteiger partial charge in [-0.15, -0.1) is 0 Å². The molecule has 13 heavy (non-hydrogen) atoms. The predicted octanol–water partition coefficient (Wildman–Crippen LogP) is 2.52. The fourth-order valence-electron chi connectivity index (χ4n) is 1.19. The Morgan fingerprint density at radius 1 is 1.23 bits per heavy atom. The maximum absolute atomic E-state index is 10.9. The molecule has 2 nitrogen and oxygen atoms in total. The largest absolute Gasteiger partial charge is 0.315 e. The van der Waals surface area contributed by atoms with Gasteiger partial charge in [0.1, 0.15) is 5.78 Å². The van der Waals surface area contributed by atoms with E-state index in [1.54, 1.807) is 0 Å². The number of rotatable bonds is 8. The number of Topliss-reactive ketones (excluding diaryl/α,β-unsaturated/α-hetero) is 1. The predicted molar refractivity (Wildman–Crippen MR) is 56.9 cm³/mol. The van der Waals surface area contributed by atoms with Crippen molar-refractivity contribution in [3.8, 4) is 0 Å². The molecule has 2 heteroatoms. The van der Waals surface area contributed by atoms with Crippen LogP contribution in [0.3, 0.4) is 0 Å². The summed E-state index contributed by atoms with van der Waals surface area (Å²) in [6.07, 6.45) is 4.90. The van der Waals surface area contributed by atoms with Crippen molar-refractivity contribution in [3.05, 3.63) is 0 Å². The molecule has 0 aromatic carbocycles. The van der Waals surface area contributed by atoms with Crippen LogP contribution in [0.5, 0.6) is 0 Å². The molecular formula is C11H23NO. The summed E-state index contributed by atoms with van der Waals surface area (Å²) in [4.78, 5) is 10.9. The smallest absolute Gasteiger partial charge is 0.132 e. The third-order valence-electron chi connectivity index (χ3n) is 2.08. The molecule has 0 saturated carbocycles. The molecule has 0 spiro atoms. The van der Waals surface area contributed by atoms with Gasteiger partial charge < -0.3 is 5.32 Å². The highest BCUT2D eigenvalue weighted by Crippen LogP contribution is 2.01. The quantitative estimate of drug-likeness (QED) is 0.589. The van der Waals surface area contributed by atoms with Crippen LogP contribution in [0.2, 0.25) is 0 Å². The van der Waals surface area contributed by atoms with Crippen molar-refractivity contribution in [3.63, 3.8) is 0 Å². The minimum absolute atomic E-state index is 0.400. The van der Waals surface area contributed by atoms with Gasteiger partial charge in [-0.25, -0.2) is 0 Å². The first kappa shape index (κ1) is 12.6. The maximum Gasteiger partial charge on any atom is 0.132 e. The molecule has 0 amide bonds. The van der Waals surface area contributed by atoms with E-state index in [4.69, 9.17) is 0 Å². The Kier molecular flexibility index (Phi) is 8.00. The van der Waals surface area contributed by atoms with E-state index < -0.39 is 0 Å². The molecule has 0 atom stereocenters. The monoisotopic (exact) mass is 185 g/mol. The molecule has 0 bridgehead atoms. The molecule has 0 aliphatic heterocycles. The van der Waals surface area contributed by atoms with E-state index in [0.717, 1.165) is 19.4 Å². The van der Waals surface area contributed by atoms with Crippen molar-refractivity contribution in [1.29, 1.82) is 0 Å². The summed E-state index contributed by atoms with van der Waals surface area (Å²) in [5.74, 6) is 0.400. The number of hydrogen-bond donors (Lipinski definition) is 1. The van der Waals surface area contributed by atoms with Crippen molar-refractivity contribution in [2.75, 3.05) is 6.54 Å². The molecule has 0 rings (SSSR count). The van der Waals surface area contributed by atoms with E-state index in [-0.39, 0.29) is 0 Å². The van der Waals surface area contributed by atoms with Gasteiger partial charge in [0.25, 0.3) is 0 Å². The molecule has 0 fully saturated rings. The summed E-state index contributed by atoms with van der Waals surface area (Å²) in [6.45, 7) is 7.32. The third kappa shape index (κ3) is 9.54. The van der Waals surface area contributed by atoms with Crippen molar-refractivity contribution < 1.29 is 4.79 Å². The molecular weight excluding hydrogens is 162 g/mol. The topological polar surface area (TPSA) is 29.1 Å². The number of unbranched alkanes of at least 4 members (excludes halogenated alkanes) is 2. The van der Waals surface area contributed by atoms with Crippen LogP contribution >= 0.6 is 0 Å². The van der Waals surface area contributed by atoms with Crippen molar-refractivity contribution >= 4 is 5.78 Å². The summed E-state index contributed by atoms with van der Waals surface area (Å²) in [5, 5.41) is 3.36. The maximum atomic E-state index is 10.9. The van der Waals surface area contributed by atoms with E-state index in [2.05, 4.69) is 19.2 Å². The zero-order valence-corrected chi connectivity index (χ0v) is 9.23. The average molecular weight is 185 g/mol. The van der Waals surface area contributed by atoms with E-state index in [0.29, 0.717) is 18.2 Å². The summed E-state index contributed by atoms with van der Waals surface area (Å²) in [5.41, 5.74) is 0. The lowest BCUT2D eigenvalue weighted by Gasteiger charge is -2.06. The number of hydrogen-bond acceptors (Lipinski definition) is 2. The second-order valence-corrected chi connectivity index (χ2v) is 3.81. The molecule has 0 aromatic rings. The zero-order valence-electron chi connectivity index (χ0n) is 9.23. The fourth-order valence-corrected chi connectivity index (χ4v) is 1.19. The minimum Gasteiger partial charge on any atom is -0.315 e. The summed E-state index contributed by atoms with van der Waals surface area (Å²) < 4.78 is 0. The first-order chi connectivity index (χ1) is 6.16.